The van der Waals surface area contributed by atoms with E-state index in [2.05, 4.69) is 5.16 Å². The third kappa shape index (κ3) is 4.18. The Morgan fingerprint density at radius 2 is 1.75 bits per heavy atom. The van der Waals surface area contributed by atoms with Crippen molar-refractivity contribution in [3.05, 3.63) is 46.8 Å². The van der Waals surface area contributed by atoms with Crippen LogP contribution in [-0.2, 0) is 11.4 Å². The highest BCUT2D eigenvalue weighted by Crippen LogP contribution is 2.23. The number of aryl methyl sites for hydroxylation is 2. The SMILES string of the molecule is Cc1noc(C)c1COc1ccccc1C(=O)N1CCN(C(=O)C(C)C)CC1. The van der Waals surface area contributed by atoms with Crippen LogP contribution in [0.3, 0.4) is 0 Å². The van der Waals surface area contributed by atoms with E-state index < -0.39 is 0 Å². The third-order valence-corrected chi connectivity index (χ3v) is 5.04. The zero-order valence-electron chi connectivity index (χ0n) is 16.9. The van der Waals surface area contributed by atoms with E-state index in [0.717, 1.165) is 11.3 Å². The molecule has 7 nitrogen and oxygen atoms in total. The highest BCUT2D eigenvalue weighted by Gasteiger charge is 2.27. The highest BCUT2D eigenvalue weighted by molar-refractivity contribution is 5.97. The number of nitrogens with zero attached hydrogens (tertiary/aromatic N) is 3. The maximum atomic E-state index is 13.0. The topological polar surface area (TPSA) is 75.9 Å². The Balaban J connectivity index is 1.67. The minimum absolute atomic E-state index is 0.0271. The first-order valence-electron chi connectivity index (χ1n) is 9.60. The van der Waals surface area contributed by atoms with Gasteiger partial charge in [0.2, 0.25) is 5.91 Å². The number of benzene rings is 1. The van der Waals surface area contributed by atoms with Crippen LogP contribution in [0.4, 0.5) is 0 Å². The van der Waals surface area contributed by atoms with Crippen molar-refractivity contribution < 1.29 is 18.8 Å². The van der Waals surface area contributed by atoms with Gasteiger partial charge in [0.1, 0.15) is 18.1 Å². The van der Waals surface area contributed by atoms with E-state index in [-0.39, 0.29) is 17.7 Å². The van der Waals surface area contributed by atoms with Crippen LogP contribution < -0.4 is 4.74 Å². The van der Waals surface area contributed by atoms with Crippen molar-refractivity contribution in [2.75, 3.05) is 26.2 Å². The van der Waals surface area contributed by atoms with Gasteiger partial charge in [0.25, 0.3) is 5.91 Å². The molecule has 0 aliphatic carbocycles. The Labute approximate surface area is 165 Å². The quantitative estimate of drug-likeness (QED) is 0.791. The van der Waals surface area contributed by atoms with Gasteiger partial charge in [-0.1, -0.05) is 31.1 Å². The first-order chi connectivity index (χ1) is 13.4. The number of hydrogen-bond acceptors (Lipinski definition) is 5. The lowest BCUT2D eigenvalue weighted by atomic mass is 10.1. The molecule has 0 N–H and O–H groups in total. The van der Waals surface area contributed by atoms with E-state index in [1.54, 1.807) is 17.0 Å². The summed E-state index contributed by atoms with van der Waals surface area (Å²) in [6.07, 6.45) is 0. The molecule has 1 aliphatic rings. The summed E-state index contributed by atoms with van der Waals surface area (Å²) in [7, 11) is 0. The maximum Gasteiger partial charge on any atom is 0.257 e. The Morgan fingerprint density at radius 1 is 1.11 bits per heavy atom. The Kier molecular flexibility index (Phi) is 6.02. The molecule has 2 heterocycles. The molecule has 2 amide bonds. The van der Waals surface area contributed by atoms with Gasteiger partial charge in [-0.25, -0.2) is 0 Å². The van der Waals surface area contributed by atoms with E-state index >= 15 is 0 Å². The standard InChI is InChI=1S/C21H27N3O4/c1-14(2)20(25)23-9-11-24(12-10-23)21(26)17-7-5-6-8-19(17)27-13-18-15(3)22-28-16(18)4/h5-8,14H,9-13H2,1-4H3. The summed E-state index contributed by atoms with van der Waals surface area (Å²) in [5.41, 5.74) is 2.20. The number of hydrogen-bond donors (Lipinski definition) is 0. The van der Waals surface area contributed by atoms with E-state index in [9.17, 15) is 9.59 Å². The molecule has 0 unspecified atom stereocenters. The van der Waals surface area contributed by atoms with Crippen molar-refractivity contribution in [1.29, 1.82) is 0 Å². The van der Waals surface area contributed by atoms with Crippen LogP contribution in [0.15, 0.2) is 28.8 Å². The van der Waals surface area contributed by atoms with Crippen LogP contribution in [-0.4, -0.2) is 52.9 Å². The van der Waals surface area contributed by atoms with Crippen LogP contribution in [0, 0.1) is 19.8 Å². The van der Waals surface area contributed by atoms with Crippen molar-refractivity contribution in [2.45, 2.75) is 34.3 Å². The fraction of sp³-hybridized carbons (Fsp3) is 0.476. The van der Waals surface area contributed by atoms with Crippen LogP contribution >= 0.6 is 0 Å². The minimum Gasteiger partial charge on any atom is -0.488 e. The van der Waals surface area contributed by atoms with Crippen molar-refractivity contribution in [3.63, 3.8) is 0 Å². The van der Waals surface area contributed by atoms with Crippen LogP contribution in [0.5, 0.6) is 5.75 Å². The van der Waals surface area contributed by atoms with Gasteiger partial charge in [-0.15, -0.1) is 0 Å². The first kappa shape index (κ1) is 19.9. The predicted molar refractivity (Wildman–Crippen MR) is 104 cm³/mol. The lowest BCUT2D eigenvalue weighted by Gasteiger charge is -2.35. The molecule has 28 heavy (non-hydrogen) atoms. The average molecular weight is 385 g/mol. The van der Waals surface area contributed by atoms with Gasteiger partial charge in [-0.05, 0) is 26.0 Å². The average Bonchev–Trinajstić information content (AvgIpc) is 3.03. The molecule has 0 atom stereocenters. The Morgan fingerprint density at radius 3 is 2.36 bits per heavy atom. The number of rotatable bonds is 5. The van der Waals surface area contributed by atoms with Gasteiger partial charge in [0.15, 0.2) is 0 Å². The van der Waals surface area contributed by atoms with Crippen molar-refractivity contribution >= 4 is 11.8 Å². The lowest BCUT2D eigenvalue weighted by Crippen LogP contribution is -2.51. The second-order valence-electron chi connectivity index (χ2n) is 7.36. The smallest absolute Gasteiger partial charge is 0.257 e. The molecule has 150 valence electrons. The third-order valence-electron chi connectivity index (χ3n) is 5.04. The molecule has 1 aromatic heterocycles. The summed E-state index contributed by atoms with van der Waals surface area (Å²) < 4.78 is 11.1. The molecule has 7 heteroatoms. The molecule has 0 spiro atoms. The van der Waals surface area contributed by atoms with E-state index in [4.69, 9.17) is 9.26 Å². The number of piperazine rings is 1. The number of aromatic nitrogens is 1. The molecule has 0 saturated carbocycles. The molecule has 0 radical (unpaired) electrons. The number of ether oxygens (including phenoxy) is 1. The lowest BCUT2D eigenvalue weighted by molar-refractivity contribution is -0.135. The fourth-order valence-corrected chi connectivity index (χ4v) is 3.29. The van der Waals surface area contributed by atoms with Gasteiger partial charge < -0.3 is 19.1 Å². The summed E-state index contributed by atoms with van der Waals surface area (Å²) in [5, 5.41) is 3.93. The minimum atomic E-state index is -0.0778. The van der Waals surface area contributed by atoms with Gasteiger partial charge in [0, 0.05) is 32.1 Å². The molecule has 1 saturated heterocycles. The Bertz CT molecular complexity index is 832. The number of carbonyl (C=O) groups is 2. The van der Waals surface area contributed by atoms with Crippen LogP contribution in [0.25, 0.3) is 0 Å². The molecule has 1 aliphatic heterocycles. The number of carbonyl (C=O) groups excluding carboxylic acids is 2. The van der Waals surface area contributed by atoms with Gasteiger partial charge in [-0.3, -0.25) is 9.59 Å². The molecular formula is C21H27N3O4. The molecule has 3 rings (SSSR count). The van der Waals surface area contributed by atoms with E-state index in [0.29, 0.717) is 49.9 Å². The van der Waals surface area contributed by atoms with Crippen molar-refractivity contribution in [2.24, 2.45) is 5.92 Å². The normalized spacial score (nSPS) is 14.5. The zero-order chi connectivity index (χ0) is 20.3. The Hall–Kier alpha value is -2.83. The molecule has 2 aromatic rings. The molecule has 1 aromatic carbocycles. The van der Waals surface area contributed by atoms with E-state index in [1.165, 1.54) is 0 Å². The van der Waals surface area contributed by atoms with Gasteiger partial charge in [0.05, 0.1) is 16.8 Å². The van der Waals surface area contributed by atoms with Crippen molar-refractivity contribution in [3.8, 4) is 5.75 Å². The summed E-state index contributed by atoms with van der Waals surface area (Å²) in [4.78, 5) is 28.8. The first-order valence-corrected chi connectivity index (χ1v) is 9.60. The van der Waals surface area contributed by atoms with E-state index in [1.807, 2.05) is 44.7 Å². The largest absolute Gasteiger partial charge is 0.488 e. The summed E-state index contributed by atoms with van der Waals surface area (Å²) in [6, 6.07) is 7.24. The molecular weight excluding hydrogens is 358 g/mol. The monoisotopic (exact) mass is 385 g/mol. The van der Waals surface area contributed by atoms with Gasteiger partial charge in [-0.2, -0.15) is 0 Å². The predicted octanol–water partition coefficient (Wildman–Crippen LogP) is 2.81. The summed E-state index contributed by atoms with van der Waals surface area (Å²) in [6.45, 7) is 9.96. The van der Waals surface area contributed by atoms with Gasteiger partial charge >= 0.3 is 0 Å². The second kappa shape index (κ2) is 8.46. The zero-order valence-corrected chi connectivity index (χ0v) is 16.9. The summed E-state index contributed by atoms with van der Waals surface area (Å²) >= 11 is 0. The molecule has 0 bridgehead atoms. The highest BCUT2D eigenvalue weighted by atomic mass is 16.5. The maximum absolute atomic E-state index is 13.0. The summed E-state index contributed by atoms with van der Waals surface area (Å²) in [5.74, 6) is 1.28. The number of amides is 2. The van der Waals surface area contributed by atoms with Crippen LogP contribution in [0.2, 0.25) is 0 Å². The molecule has 1 fully saturated rings. The number of para-hydroxylation sites is 1. The van der Waals surface area contributed by atoms with Crippen LogP contribution in [0.1, 0.15) is 41.2 Å². The fourth-order valence-electron chi connectivity index (χ4n) is 3.29. The second-order valence-corrected chi connectivity index (χ2v) is 7.36. The van der Waals surface area contributed by atoms with Crippen molar-refractivity contribution in [1.82, 2.24) is 15.0 Å².